The molecule has 0 bridgehead atoms. The number of fused-ring (bicyclic) bond motifs is 3. The average Bonchev–Trinajstić information content (AvgIpc) is 3.20. The van der Waals surface area contributed by atoms with Crippen LogP contribution in [-0.2, 0) is 26.1 Å². The Morgan fingerprint density at radius 2 is 1.88 bits per heavy atom. The minimum absolute atomic E-state index is 0.0983. The zero-order chi connectivity index (χ0) is 22.1. The number of urea groups is 1. The summed E-state index contributed by atoms with van der Waals surface area (Å²) in [6, 6.07) is 15.8. The molecule has 6 nitrogen and oxygen atoms in total. The SMILES string of the molecule is O=C(NCc1ccccc1)N1CCc2c(sc3ncn(Cc4ccc(F)cc4)c(=O)c23)C1. The van der Waals surface area contributed by atoms with Gasteiger partial charge in [-0.2, -0.15) is 0 Å². The number of carbonyl (C=O) groups is 1. The van der Waals surface area contributed by atoms with Crippen LogP contribution in [0.15, 0.2) is 65.7 Å². The Hall–Kier alpha value is -3.52. The lowest BCUT2D eigenvalue weighted by molar-refractivity contribution is 0.193. The second-order valence-corrected chi connectivity index (χ2v) is 8.89. The molecule has 0 saturated heterocycles. The van der Waals surface area contributed by atoms with E-state index in [4.69, 9.17) is 0 Å². The summed E-state index contributed by atoms with van der Waals surface area (Å²) in [6.45, 7) is 1.83. The van der Waals surface area contributed by atoms with Crippen LogP contribution in [-0.4, -0.2) is 27.0 Å². The maximum Gasteiger partial charge on any atom is 0.318 e. The monoisotopic (exact) mass is 448 g/mol. The van der Waals surface area contributed by atoms with E-state index in [9.17, 15) is 14.0 Å². The van der Waals surface area contributed by atoms with E-state index in [-0.39, 0.29) is 17.4 Å². The third kappa shape index (κ3) is 4.01. The molecule has 0 fully saturated rings. The molecule has 2 aromatic carbocycles. The van der Waals surface area contributed by atoms with Gasteiger partial charge in [0.15, 0.2) is 0 Å². The van der Waals surface area contributed by atoms with E-state index in [1.54, 1.807) is 27.9 Å². The predicted octanol–water partition coefficient (Wildman–Crippen LogP) is 3.91. The molecule has 0 saturated carbocycles. The lowest BCUT2D eigenvalue weighted by Gasteiger charge is -2.27. The van der Waals surface area contributed by atoms with Gasteiger partial charge in [-0.15, -0.1) is 11.3 Å². The van der Waals surface area contributed by atoms with Crippen molar-refractivity contribution in [1.29, 1.82) is 0 Å². The van der Waals surface area contributed by atoms with E-state index < -0.39 is 0 Å². The summed E-state index contributed by atoms with van der Waals surface area (Å²) in [6.07, 6.45) is 2.16. The number of halogens is 1. The first-order valence-corrected chi connectivity index (χ1v) is 11.2. The van der Waals surface area contributed by atoms with Gasteiger partial charge in [-0.05, 0) is 35.2 Å². The van der Waals surface area contributed by atoms with Gasteiger partial charge in [-0.3, -0.25) is 9.36 Å². The standard InChI is InChI=1S/C24H21FN4O2S/c25-18-8-6-17(7-9-18)13-29-15-27-22-21(23(29)30)19-10-11-28(14-20(19)32-22)24(31)26-12-16-4-2-1-3-5-16/h1-9,15H,10-14H2,(H,26,31). The molecule has 1 aliphatic rings. The second kappa shape index (κ2) is 8.55. The van der Waals surface area contributed by atoms with Crippen LogP contribution in [0.1, 0.15) is 21.6 Å². The zero-order valence-electron chi connectivity index (χ0n) is 17.3. The Labute approximate surface area is 187 Å². The number of amides is 2. The van der Waals surface area contributed by atoms with Crippen LogP contribution in [0.25, 0.3) is 10.2 Å². The number of aromatic nitrogens is 2. The number of rotatable bonds is 4. The van der Waals surface area contributed by atoms with Gasteiger partial charge in [0.2, 0.25) is 0 Å². The lowest BCUT2D eigenvalue weighted by atomic mass is 10.1. The molecule has 1 aliphatic heterocycles. The summed E-state index contributed by atoms with van der Waals surface area (Å²) in [5.74, 6) is -0.307. The summed E-state index contributed by atoms with van der Waals surface area (Å²) in [5, 5.41) is 3.61. The topological polar surface area (TPSA) is 67.2 Å². The Morgan fingerprint density at radius 3 is 2.66 bits per heavy atom. The molecule has 32 heavy (non-hydrogen) atoms. The lowest BCUT2D eigenvalue weighted by Crippen LogP contribution is -2.42. The summed E-state index contributed by atoms with van der Waals surface area (Å²) in [7, 11) is 0. The van der Waals surface area contributed by atoms with Crippen molar-refractivity contribution >= 4 is 27.6 Å². The molecule has 162 valence electrons. The number of thiophene rings is 1. The molecule has 5 rings (SSSR count). The predicted molar refractivity (Wildman–Crippen MR) is 122 cm³/mol. The van der Waals surface area contributed by atoms with Crippen LogP contribution in [0.3, 0.4) is 0 Å². The summed E-state index contributed by atoms with van der Waals surface area (Å²) < 4.78 is 14.7. The quantitative estimate of drug-likeness (QED) is 0.515. The molecule has 4 aromatic rings. The fourth-order valence-corrected chi connectivity index (χ4v) is 5.17. The van der Waals surface area contributed by atoms with Crippen LogP contribution in [0.5, 0.6) is 0 Å². The van der Waals surface area contributed by atoms with E-state index in [1.165, 1.54) is 23.5 Å². The molecule has 2 aromatic heterocycles. The second-order valence-electron chi connectivity index (χ2n) is 7.80. The van der Waals surface area contributed by atoms with Crippen LogP contribution in [0, 0.1) is 5.82 Å². The van der Waals surface area contributed by atoms with E-state index in [1.807, 2.05) is 30.3 Å². The molecule has 0 unspecified atom stereocenters. The number of hydrogen-bond acceptors (Lipinski definition) is 4. The van der Waals surface area contributed by atoms with Gasteiger partial charge in [0.05, 0.1) is 24.8 Å². The summed E-state index contributed by atoms with van der Waals surface area (Å²) in [5.41, 5.74) is 2.77. The first-order chi connectivity index (χ1) is 15.6. The van der Waals surface area contributed by atoms with Crippen molar-refractivity contribution < 1.29 is 9.18 Å². The fourth-order valence-electron chi connectivity index (χ4n) is 3.98. The Bertz CT molecular complexity index is 1330. The highest BCUT2D eigenvalue weighted by Gasteiger charge is 2.26. The minimum atomic E-state index is -0.307. The minimum Gasteiger partial charge on any atom is -0.334 e. The summed E-state index contributed by atoms with van der Waals surface area (Å²) in [4.78, 5) is 33.8. The van der Waals surface area contributed by atoms with Crippen LogP contribution >= 0.6 is 11.3 Å². The van der Waals surface area contributed by atoms with Crippen LogP contribution < -0.4 is 10.9 Å². The van der Waals surface area contributed by atoms with Gasteiger partial charge in [0.1, 0.15) is 10.6 Å². The van der Waals surface area contributed by atoms with Gasteiger partial charge in [-0.25, -0.2) is 14.2 Å². The van der Waals surface area contributed by atoms with Gasteiger partial charge >= 0.3 is 6.03 Å². The maximum atomic E-state index is 13.2. The first kappa shape index (κ1) is 20.4. The van der Waals surface area contributed by atoms with Crippen molar-refractivity contribution in [2.75, 3.05) is 6.54 Å². The average molecular weight is 449 g/mol. The van der Waals surface area contributed by atoms with Crippen LogP contribution in [0.4, 0.5) is 9.18 Å². The first-order valence-electron chi connectivity index (χ1n) is 10.4. The third-order valence-electron chi connectivity index (χ3n) is 5.67. The van der Waals surface area contributed by atoms with E-state index in [2.05, 4.69) is 10.3 Å². The normalized spacial score (nSPS) is 13.2. The molecular weight excluding hydrogens is 427 g/mol. The molecule has 0 aliphatic carbocycles. The highest BCUT2D eigenvalue weighted by Crippen LogP contribution is 2.32. The Morgan fingerprint density at radius 1 is 1.09 bits per heavy atom. The molecule has 3 heterocycles. The van der Waals surface area contributed by atoms with Crippen molar-refractivity contribution in [1.82, 2.24) is 19.8 Å². The third-order valence-corrected chi connectivity index (χ3v) is 6.79. The highest BCUT2D eigenvalue weighted by atomic mass is 32.1. The smallest absolute Gasteiger partial charge is 0.318 e. The molecule has 0 spiro atoms. The van der Waals surface area contributed by atoms with Gasteiger partial charge in [0, 0.05) is 18.0 Å². The van der Waals surface area contributed by atoms with Crippen molar-refractivity contribution in [3.8, 4) is 0 Å². The number of carbonyl (C=O) groups excluding carboxylic acids is 1. The van der Waals surface area contributed by atoms with Crippen molar-refractivity contribution in [2.45, 2.75) is 26.1 Å². The van der Waals surface area contributed by atoms with Gasteiger partial charge < -0.3 is 10.2 Å². The Kier molecular flexibility index (Phi) is 5.45. The molecule has 2 amide bonds. The van der Waals surface area contributed by atoms with E-state index in [0.29, 0.717) is 42.8 Å². The number of nitrogens with one attached hydrogen (secondary N) is 1. The van der Waals surface area contributed by atoms with Crippen molar-refractivity contribution in [2.24, 2.45) is 0 Å². The Balaban J connectivity index is 1.35. The summed E-state index contributed by atoms with van der Waals surface area (Å²) >= 11 is 1.47. The number of nitrogens with zero attached hydrogens (tertiary/aromatic N) is 3. The molecule has 0 radical (unpaired) electrons. The highest BCUT2D eigenvalue weighted by molar-refractivity contribution is 7.18. The van der Waals surface area contributed by atoms with E-state index in [0.717, 1.165) is 21.6 Å². The van der Waals surface area contributed by atoms with Crippen molar-refractivity contribution in [3.63, 3.8) is 0 Å². The zero-order valence-corrected chi connectivity index (χ0v) is 18.1. The van der Waals surface area contributed by atoms with Crippen molar-refractivity contribution in [3.05, 3.63) is 98.7 Å². The molecule has 0 atom stereocenters. The maximum absolute atomic E-state index is 13.2. The largest absolute Gasteiger partial charge is 0.334 e. The molecule has 1 N–H and O–H groups in total. The molecule has 8 heteroatoms. The fraction of sp³-hybridized carbons (Fsp3) is 0.208. The van der Waals surface area contributed by atoms with E-state index >= 15 is 0 Å². The number of hydrogen-bond donors (Lipinski definition) is 1. The van der Waals surface area contributed by atoms with Crippen LogP contribution in [0.2, 0.25) is 0 Å². The van der Waals surface area contributed by atoms with Gasteiger partial charge in [-0.1, -0.05) is 42.5 Å². The molecular formula is C24H21FN4O2S. The number of benzene rings is 2. The van der Waals surface area contributed by atoms with Gasteiger partial charge in [0.25, 0.3) is 5.56 Å².